The molecule has 0 aliphatic carbocycles. The highest BCUT2D eigenvalue weighted by Crippen LogP contribution is 2.18. The number of hydrogen-bond acceptors (Lipinski definition) is 3. The molecule has 0 amide bonds. The van der Waals surface area contributed by atoms with Crippen LogP contribution in [-0.2, 0) is 0 Å². The number of rotatable bonds is 2. The van der Waals surface area contributed by atoms with Crippen molar-refractivity contribution >= 4 is 22.7 Å². The van der Waals surface area contributed by atoms with E-state index in [4.69, 9.17) is 10.2 Å². The first-order valence-electron chi connectivity index (χ1n) is 4.46. The molecular formula is C11H7NO4. The minimum absolute atomic E-state index is 0.240. The summed E-state index contributed by atoms with van der Waals surface area (Å²) >= 11 is 0. The molecule has 0 saturated carbocycles. The van der Waals surface area contributed by atoms with E-state index < -0.39 is 11.9 Å². The third-order valence-corrected chi connectivity index (χ3v) is 2.16. The van der Waals surface area contributed by atoms with Gasteiger partial charge in [0.25, 0.3) is 0 Å². The van der Waals surface area contributed by atoms with E-state index in [-0.39, 0.29) is 11.4 Å². The number of fused-ring (bicyclic) bond motifs is 1. The second kappa shape index (κ2) is 3.62. The molecule has 0 unspecified atom stereocenters. The minimum atomic E-state index is -1.24. The van der Waals surface area contributed by atoms with Crippen LogP contribution in [0.25, 0.3) is 10.8 Å². The van der Waals surface area contributed by atoms with Crippen LogP contribution < -0.4 is 0 Å². The molecule has 0 atom stereocenters. The van der Waals surface area contributed by atoms with Gasteiger partial charge in [0.1, 0.15) is 5.69 Å². The van der Waals surface area contributed by atoms with Gasteiger partial charge in [0.2, 0.25) is 0 Å². The lowest BCUT2D eigenvalue weighted by Crippen LogP contribution is -2.08. The van der Waals surface area contributed by atoms with Gasteiger partial charge >= 0.3 is 11.9 Å². The lowest BCUT2D eigenvalue weighted by atomic mass is 10.1. The first-order valence-corrected chi connectivity index (χ1v) is 4.46. The third kappa shape index (κ3) is 1.58. The Morgan fingerprint density at radius 1 is 1.06 bits per heavy atom. The number of benzene rings is 1. The summed E-state index contributed by atoms with van der Waals surface area (Å²) in [5, 5.41) is 18.7. The van der Waals surface area contributed by atoms with Crippen molar-refractivity contribution in [3.63, 3.8) is 0 Å². The number of hydrogen-bond donors (Lipinski definition) is 2. The molecular weight excluding hydrogens is 210 g/mol. The van der Waals surface area contributed by atoms with E-state index in [9.17, 15) is 9.59 Å². The lowest BCUT2D eigenvalue weighted by Gasteiger charge is -2.03. The Morgan fingerprint density at radius 3 is 2.38 bits per heavy atom. The largest absolute Gasteiger partial charge is 0.477 e. The zero-order valence-electron chi connectivity index (χ0n) is 8.04. The maximum absolute atomic E-state index is 10.9. The van der Waals surface area contributed by atoms with Gasteiger partial charge in [-0.1, -0.05) is 24.3 Å². The molecule has 5 nitrogen and oxygen atoms in total. The van der Waals surface area contributed by atoms with E-state index in [1.54, 1.807) is 24.3 Å². The van der Waals surface area contributed by atoms with Gasteiger partial charge in [-0.05, 0) is 11.5 Å². The maximum atomic E-state index is 10.9. The Kier molecular flexibility index (Phi) is 2.28. The molecule has 0 bridgehead atoms. The van der Waals surface area contributed by atoms with Gasteiger partial charge in [-0.15, -0.1) is 0 Å². The fourth-order valence-electron chi connectivity index (χ4n) is 1.47. The number of aromatic carboxylic acids is 2. The molecule has 1 heterocycles. The fourth-order valence-corrected chi connectivity index (χ4v) is 1.47. The predicted octanol–water partition coefficient (Wildman–Crippen LogP) is 1.63. The Hall–Kier alpha value is -2.43. The minimum Gasteiger partial charge on any atom is -0.477 e. The van der Waals surface area contributed by atoms with Crippen molar-refractivity contribution < 1.29 is 19.8 Å². The normalized spacial score (nSPS) is 10.2. The van der Waals surface area contributed by atoms with E-state index in [1.165, 1.54) is 6.07 Å². The number of carbonyl (C=O) groups is 2. The monoisotopic (exact) mass is 217 g/mol. The summed E-state index contributed by atoms with van der Waals surface area (Å²) in [6, 6.07) is 7.98. The zero-order valence-corrected chi connectivity index (χ0v) is 8.04. The van der Waals surface area contributed by atoms with Crippen LogP contribution in [0.2, 0.25) is 0 Å². The molecule has 0 spiro atoms. The van der Waals surface area contributed by atoms with Crippen molar-refractivity contribution in [3.05, 3.63) is 41.7 Å². The van der Waals surface area contributed by atoms with Gasteiger partial charge in [0, 0.05) is 5.39 Å². The number of nitrogens with zero attached hydrogens (tertiary/aromatic N) is 1. The molecule has 5 heteroatoms. The molecule has 0 radical (unpaired) electrons. The van der Waals surface area contributed by atoms with Gasteiger partial charge < -0.3 is 10.2 Å². The van der Waals surface area contributed by atoms with E-state index in [2.05, 4.69) is 4.98 Å². The zero-order chi connectivity index (χ0) is 11.7. The molecule has 2 aromatic rings. The van der Waals surface area contributed by atoms with Crippen LogP contribution in [0.4, 0.5) is 0 Å². The molecule has 1 aromatic carbocycles. The maximum Gasteiger partial charge on any atom is 0.355 e. The van der Waals surface area contributed by atoms with Gasteiger partial charge in [0.05, 0.1) is 0 Å². The number of aromatic nitrogens is 1. The first kappa shape index (κ1) is 10.1. The Morgan fingerprint density at radius 2 is 1.75 bits per heavy atom. The molecule has 0 fully saturated rings. The second-order valence-electron chi connectivity index (χ2n) is 3.19. The SMILES string of the molecule is O=C(O)c1cc2ccccc2c(C(=O)O)n1. The molecule has 0 saturated heterocycles. The molecule has 1 aromatic heterocycles. The fraction of sp³-hybridized carbons (Fsp3) is 0. The van der Waals surface area contributed by atoms with Crippen molar-refractivity contribution in [2.24, 2.45) is 0 Å². The molecule has 0 aliphatic heterocycles. The summed E-state index contributed by atoms with van der Waals surface area (Å²) in [6.07, 6.45) is 0. The van der Waals surface area contributed by atoms with Crippen LogP contribution in [0.3, 0.4) is 0 Å². The van der Waals surface area contributed by atoms with Crippen LogP contribution in [0.1, 0.15) is 21.0 Å². The average molecular weight is 217 g/mol. The number of pyridine rings is 1. The van der Waals surface area contributed by atoms with E-state index in [0.29, 0.717) is 10.8 Å². The Balaban J connectivity index is 2.84. The van der Waals surface area contributed by atoms with Gasteiger partial charge in [-0.2, -0.15) is 0 Å². The van der Waals surface area contributed by atoms with Crippen LogP contribution in [-0.4, -0.2) is 27.1 Å². The van der Waals surface area contributed by atoms with E-state index >= 15 is 0 Å². The van der Waals surface area contributed by atoms with Crippen molar-refractivity contribution in [2.75, 3.05) is 0 Å². The average Bonchev–Trinajstić information content (AvgIpc) is 2.27. The molecule has 2 rings (SSSR count). The van der Waals surface area contributed by atoms with Crippen LogP contribution >= 0.6 is 0 Å². The summed E-state index contributed by atoms with van der Waals surface area (Å²) in [5.74, 6) is -2.48. The Bertz CT molecular complexity index is 592. The third-order valence-electron chi connectivity index (χ3n) is 2.16. The predicted molar refractivity (Wildman–Crippen MR) is 55.7 cm³/mol. The summed E-state index contributed by atoms with van der Waals surface area (Å²) in [6.45, 7) is 0. The van der Waals surface area contributed by atoms with Crippen LogP contribution in [0.5, 0.6) is 0 Å². The summed E-state index contributed by atoms with van der Waals surface area (Å²) in [7, 11) is 0. The van der Waals surface area contributed by atoms with Gasteiger partial charge in [-0.25, -0.2) is 14.6 Å². The lowest BCUT2D eigenvalue weighted by molar-refractivity contribution is 0.0687. The molecule has 16 heavy (non-hydrogen) atoms. The highest BCUT2D eigenvalue weighted by atomic mass is 16.4. The van der Waals surface area contributed by atoms with Gasteiger partial charge in [-0.3, -0.25) is 0 Å². The smallest absolute Gasteiger partial charge is 0.355 e. The van der Waals surface area contributed by atoms with Crippen molar-refractivity contribution in [3.8, 4) is 0 Å². The standard InChI is InChI=1S/C11H7NO4/c13-10(14)8-5-6-3-1-2-4-7(6)9(12-8)11(15)16/h1-5H,(H,13,14)(H,15,16). The van der Waals surface area contributed by atoms with Crippen molar-refractivity contribution in [2.45, 2.75) is 0 Å². The highest BCUT2D eigenvalue weighted by Gasteiger charge is 2.15. The molecule has 2 N–H and O–H groups in total. The summed E-state index contributed by atoms with van der Waals surface area (Å²) < 4.78 is 0. The summed E-state index contributed by atoms with van der Waals surface area (Å²) in [4.78, 5) is 25.3. The highest BCUT2D eigenvalue weighted by molar-refractivity contribution is 6.04. The number of carboxylic acid groups (broad SMARTS) is 2. The molecule has 80 valence electrons. The number of carboxylic acids is 2. The van der Waals surface area contributed by atoms with E-state index in [1.807, 2.05) is 0 Å². The second-order valence-corrected chi connectivity index (χ2v) is 3.19. The van der Waals surface area contributed by atoms with Crippen LogP contribution in [0.15, 0.2) is 30.3 Å². The quantitative estimate of drug-likeness (QED) is 0.798. The van der Waals surface area contributed by atoms with Crippen molar-refractivity contribution in [1.29, 1.82) is 0 Å². The van der Waals surface area contributed by atoms with Gasteiger partial charge in [0.15, 0.2) is 5.69 Å². The Labute approximate surface area is 90.0 Å². The first-order chi connectivity index (χ1) is 7.59. The molecule has 0 aliphatic rings. The topological polar surface area (TPSA) is 87.5 Å². The summed E-state index contributed by atoms with van der Waals surface area (Å²) in [5.41, 5.74) is -0.508. The van der Waals surface area contributed by atoms with Crippen LogP contribution in [0, 0.1) is 0 Å². The van der Waals surface area contributed by atoms with Crippen molar-refractivity contribution in [1.82, 2.24) is 4.98 Å². The van der Waals surface area contributed by atoms with E-state index in [0.717, 1.165) is 0 Å².